The Labute approximate surface area is 486 Å². The standard InChI is InChI=1S/C72H134O6/c1-4-7-10-13-16-19-22-25-28-30-32-33-34-35-36-37-38-39-40-42-44-47-50-53-56-59-62-65-71(74)77-68-69(67-76-70(73)64-61-58-55-52-49-46-43-27-24-21-18-15-12-9-6-3)78-72(75)66-63-60-57-54-51-48-45-41-31-29-26-23-20-17-14-11-8-5-2/h22,25,29-32,69H,4-21,23-24,26-28,33-68H2,1-3H3/b25-22-,31-29-,32-30-. The molecular formula is C72H134O6. The Morgan fingerprint density at radius 3 is 0.718 bits per heavy atom. The van der Waals surface area contributed by atoms with Crippen LogP contribution in [0.15, 0.2) is 36.5 Å². The van der Waals surface area contributed by atoms with Crippen molar-refractivity contribution in [1.29, 1.82) is 0 Å². The first-order chi connectivity index (χ1) is 38.5. The molecule has 0 heterocycles. The predicted octanol–water partition coefficient (Wildman–Crippen LogP) is 23.9. The van der Waals surface area contributed by atoms with Crippen molar-refractivity contribution in [3.05, 3.63) is 36.5 Å². The number of ether oxygens (including phenoxy) is 3. The van der Waals surface area contributed by atoms with E-state index in [0.29, 0.717) is 19.3 Å². The van der Waals surface area contributed by atoms with Crippen LogP contribution in [0.5, 0.6) is 0 Å². The molecule has 1 atom stereocenters. The number of carbonyl (C=O) groups is 3. The molecule has 0 saturated carbocycles. The monoisotopic (exact) mass is 1100 g/mol. The van der Waals surface area contributed by atoms with E-state index >= 15 is 0 Å². The van der Waals surface area contributed by atoms with Crippen LogP contribution < -0.4 is 0 Å². The average Bonchev–Trinajstić information content (AvgIpc) is 3.44. The van der Waals surface area contributed by atoms with Gasteiger partial charge in [-0.25, -0.2) is 0 Å². The highest BCUT2D eigenvalue weighted by molar-refractivity contribution is 5.71. The van der Waals surface area contributed by atoms with Crippen molar-refractivity contribution in [3.8, 4) is 0 Å². The number of rotatable bonds is 65. The molecule has 0 N–H and O–H groups in total. The van der Waals surface area contributed by atoms with Crippen LogP contribution in [-0.2, 0) is 28.6 Å². The quantitative estimate of drug-likeness (QED) is 0.0261. The van der Waals surface area contributed by atoms with E-state index in [1.165, 1.54) is 283 Å². The van der Waals surface area contributed by atoms with Crippen LogP contribution in [-0.4, -0.2) is 37.2 Å². The van der Waals surface area contributed by atoms with Crippen molar-refractivity contribution < 1.29 is 28.6 Å². The van der Waals surface area contributed by atoms with Crippen LogP contribution in [0.25, 0.3) is 0 Å². The fourth-order valence-electron chi connectivity index (χ4n) is 10.6. The number of hydrogen-bond donors (Lipinski definition) is 0. The summed E-state index contributed by atoms with van der Waals surface area (Å²) in [5.74, 6) is -0.844. The molecule has 0 aromatic heterocycles. The van der Waals surface area contributed by atoms with Gasteiger partial charge in [-0.2, -0.15) is 0 Å². The van der Waals surface area contributed by atoms with Crippen LogP contribution in [0.2, 0.25) is 0 Å². The summed E-state index contributed by atoms with van der Waals surface area (Å²) in [7, 11) is 0. The van der Waals surface area contributed by atoms with E-state index in [-0.39, 0.29) is 31.1 Å². The molecule has 78 heavy (non-hydrogen) atoms. The summed E-state index contributed by atoms with van der Waals surface area (Å²) in [5.41, 5.74) is 0. The third-order valence-corrected chi connectivity index (χ3v) is 15.9. The fraction of sp³-hybridized carbons (Fsp3) is 0.875. The number of esters is 3. The van der Waals surface area contributed by atoms with Crippen molar-refractivity contribution in [2.45, 2.75) is 393 Å². The first-order valence-electron chi connectivity index (χ1n) is 35.0. The minimum atomic E-state index is -0.772. The molecule has 0 aliphatic heterocycles. The van der Waals surface area contributed by atoms with Gasteiger partial charge in [0, 0.05) is 19.3 Å². The summed E-state index contributed by atoms with van der Waals surface area (Å²) in [5, 5.41) is 0. The van der Waals surface area contributed by atoms with Crippen molar-refractivity contribution in [1.82, 2.24) is 0 Å². The molecule has 6 nitrogen and oxygen atoms in total. The first kappa shape index (κ1) is 75.6. The smallest absolute Gasteiger partial charge is 0.306 e. The fourth-order valence-corrected chi connectivity index (χ4v) is 10.6. The Morgan fingerprint density at radius 1 is 0.256 bits per heavy atom. The number of allylic oxidation sites excluding steroid dienone is 6. The molecule has 0 spiro atoms. The molecule has 0 bridgehead atoms. The summed E-state index contributed by atoms with van der Waals surface area (Å²) >= 11 is 0. The van der Waals surface area contributed by atoms with Gasteiger partial charge >= 0.3 is 17.9 Å². The molecule has 0 aromatic carbocycles. The number of hydrogen-bond acceptors (Lipinski definition) is 6. The van der Waals surface area contributed by atoms with Crippen LogP contribution in [0.4, 0.5) is 0 Å². The summed E-state index contributed by atoms with van der Waals surface area (Å²) < 4.78 is 17.0. The van der Waals surface area contributed by atoms with E-state index in [2.05, 4.69) is 57.2 Å². The first-order valence-corrected chi connectivity index (χ1v) is 35.0. The van der Waals surface area contributed by atoms with Crippen LogP contribution in [0.1, 0.15) is 387 Å². The zero-order valence-electron chi connectivity index (χ0n) is 52.7. The minimum Gasteiger partial charge on any atom is -0.462 e. The lowest BCUT2D eigenvalue weighted by Gasteiger charge is -2.18. The van der Waals surface area contributed by atoms with Gasteiger partial charge in [0.15, 0.2) is 6.10 Å². The molecule has 0 radical (unpaired) electrons. The third-order valence-electron chi connectivity index (χ3n) is 15.9. The van der Waals surface area contributed by atoms with E-state index in [1.54, 1.807) is 0 Å². The summed E-state index contributed by atoms with van der Waals surface area (Å²) in [6.07, 6.45) is 83.1. The molecule has 0 saturated heterocycles. The molecule has 0 aromatic rings. The van der Waals surface area contributed by atoms with Gasteiger partial charge < -0.3 is 14.2 Å². The second-order valence-electron chi connectivity index (χ2n) is 23.8. The largest absolute Gasteiger partial charge is 0.462 e. The van der Waals surface area contributed by atoms with Gasteiger partial charge in [-0.15, -0.1) is 0 Å². The predicted molar refractivity (Wildman–Crippen MR) is 339 cm³/mol. The van der Waals surface area contributed by atoms with E-state index < -0.39 is 6.10 Å². The summed E-state index contributed by atoms with van der Waals surface area (Å²) in [6, 6.07) is 0. The molecule has 0 rings (SSSR count). The molecule has 0 fully saturated rings. The highest BCUT2D eigenvalue weighted by Crippen LogP contribution is 2.18. The normalized spacial score (nSPS) is 12.2. The lowest BCUT2D eigenvalue weighted by molar-refractivity contribution is -0.167. The number of carbonyl (C=O) groups excluding carboxylic acids is 3. The highest BCUT2D eigenvalue weighted by Gasteiger charge is 2.19. The Kier molecular flexibility index (Phi) is 65.1. The second kappa shape index (κ2) is 67.1. The third kappa shape index (κ3) is 64.5. The van der Waals surface area contributed by atoms with E-state index in [9.17, 15) is 14.4 Å². The van der Waals surface area contributed by atoms with Gasteiger partial charge in [-0.1, -0.05) is 327 Å². The average molecular weight is 1100 g/mol. The van der Waals surface area contributed by atoms with Crippen LogP contribution >= 0.6 is 0 Å². The van der Waals surface area contributed by atoms with Crippen molar-refractivity contribution in [3.63, 3.8) is 0 Å². The van der Waals surface area contributed by atoms with E-state index in [4.69, 9.17) is 14.2 Å². The topological polar surface area (TPSA) is 78.9 Å². The second-order valence-corrected chi connectivity index (χ2v) is 23.8. The molecule has 0 amide bonds. The molecule has 458 valence electrons. The molecule has 0 aliphatic rings. The number of unbranched alkanes of at least 4 members (excludes halogenated alkanes) is 48. The summed E-state index contributed by atoms with van der Waals surface area (Å²) in [6.45, 7) is 6.70. The van der Waals surface area contributed by atoms with Crippen LogP contribution in [0.3, 0.4) is 0 Å². The van der Waals surface area contributed by atoms with Crippen molar-refractivity contribution in [2.75, 3.05) is 13.2 Å². The maximum absolute atomic E-state index is 12.9. The van der Waals surface area contributed by atoms with Gasteiger partial charge in [-0.05, 0) is 77.0 Å². The highest BCUT2D eigenvalue weighted by atomic mass is 16.6. The van der Waals surface area contributed by atoms with Gasteiger partial charge in [0.2, 0.25) is 0 Å². The Morgan fingerprint density at radius 2 is 0.462 bits per heavy atom. The van der Waals surface area contributed by atoms with Crippen LogP contribution in [0, 0.1) is 0 Å². The molecular weight excluding hydrogens is 961 g/mol. The Bertz CT molecular complexity index is 1300. The zero-order chi connectivity index (χ0) is 56.4. The molecule has 0 aliphatic carbocycles. The Hall–Kier alpha value is -2.37. The van der Waals surface area contributed by atoms with Gasteiger partial charge in [-0.3, -0.25) is 14.4 Å². The minimum absolute atomic E-state index is 0.0682. The SMILES string of the molecule is CCCCCCC/C=C\C/C=C\CCCCCCCCCCCCCCCCCC(=O)OCC(COC(=O)CCCCCCCCCCCCCCCCC)OC(=O)CCCCCCCCC/C=C\CCCCCCCCC. The van der Waals surface area contributed by atoms with Crippen molar-refractivity contribution in [2.24, 2.45) is 0 Å². The molecule has 6 heteroatoms. The zero-order valence-corrected chi connectivity index (χ0v) is 52.7. The van der Waals surface area contributed by atoms with E-state index in [1.807, 2.05) is 0 Å². The lowest BCUT2D eigenvalue weighted by atomic mass is 10.0. The summed E-state index contributed by atoms with van der Waals surface area (Å²) in [4.78, 5) is 38.4. The van der Waals surface area contributed by atoms with Gasteiger partial charge in [0.05, 0.1) is 0 Å². The maximum atomic E-state index is 12.9. The van der Waals surface area contributed by atoms with Gasteiger partial charge in [0.1, 0.15) is 13.2 Å². The van der Waals surface area contributed by atoms with Crippen molar-refractivity contribution >= 4 is 17.9 Å². The Balaban J connectivity index is 4.24. The maximum Gasteiger partial charge on any atom is 0.306 e. The molecule has 1 unspecified atom stereocenters. The lowest BCUT2D eigenvalue weighted by Crippen LogP contribution is -2.30. The van der Waals surface area contributed by atoms with Gasteiger partial charge in [0.25, 0.3) is 0 Å². The van der Waals surface area contributed by atoms with E-state index in [0.717, 1.165) is 64.2 Å².